The third kappa shape index (κ3) is 8.46. The van der Waals surface area contributed by atoms with E-state index >= 15 is 0 Å². The van der Waals surface area contributed by atoms with Crippen LogP contribution in [-0.4, -0.2) is 29.2 Å². The monoisotopic (exact) mass is 272 g/mol. The fourth-order valence-corrected chi connectivity index (χ4v) is 2.02. The summed E-state index contributed by atoms with van der Waals surface area (Å²) >= 11 is 0. The zero-order valence-corrected chi connectivity index (χ0v) is 12.4. The van der Waals surface area contributed by atoms with E-state index in [-0.39, 0.29) is 12.1 Å². The Labute approximate surface area is 116 Å². The summed E-state index contributed by atoms with van der Waals surface area (Å²) in [5, 5.41) is 14.4. The number of nitrogens with one attached hydrogen (secondary N) is 2. The average Bonchev–Trinajstić information content (AvgIpc) is 2.35. The molecule has 0 aliphatic carbocycles. The Morgan fingerprint density at radius 1 is 0.947 bits per heavy atom. The van der Waals surface area contributed by atoms with Crippen molar-refractivity contribution in [3.05, 3.63) is 0 Å². The number of rotatable bonds is 10. The van der Waals surface area contributed by atoms with E-state index in [1.165, 1.54) is 0 Å². The molecule has 0 aromatic heterocycles. The molecule has 0 aromatic carbocycles. The van der Waals surface area contributed by atoms with Gasteiger partial charge in [0.1, 0.15) is 6.04 Å². The molecule has 0 aromatic rings. The number of carbonyl (C=O) groups excluding carboxylic acids is 1. The largest absolute Gasteiger partial charge is 0.480 e. The highest BCUT2D eigenvalue weighted by Gasteiger charge is 2.20. The van der Waals surface area contributed by atoms with Gasteiger partial charge in [-0.05, 0) is 19.3 Å². The minimum absolute atomic E-state index is 0.140. The van der Waals surface area contributed by atoms with Crippen molar-refractivity contribution in [1.82, 2.24) is 10.6 Å². The van der Waals surface area contributed by atoms with Crippen molar-refractivity contribution in [2.45, 2.75) is 77.8 Å². The summed E-state index contributed by atoms with van der Waals surface area (Å²) in [5.41, 5.74) is 0. The first kappa shape index (κ1) is 17.7. The zero-order chi connectivity index (χ0) is 14.7. The van der Waals surface area contributed by atoms with Gasteiger partial charge in [0.2, 0.25) is 0 Å². The molecule has 5 nitrogen and oxygen atoms in total. The van der Waals surface area contributed by atoms with Crippen LogP contribution in [0.4, 0.5) is 4.79 Å². The number of amides is 2. The maximum atomic E-state index is 11.8. The number of carboxylic acids is 1. The molecule has 19 heavy (non-hydrogen) atoms. The van der Waals surface area contributed by atoms with Crippen molar-refractivity contribution in [3.63, 3.8) is 0 Å². The molecule has 0 heterocycles. The molecule has 0 aliphatic heterocycles. The standard InChI is InChI=1S/C14H28N2O3/c1-4-7-10-11(8-5-2)15-14(19)16-12(9-6-3)13(17)18/h11-12H,4-10H2,1-3H3,(H,17,18)(H2,15,16,19)/t11?,12-/m0/s1. The quantitative estimate of drug-likeness (QED) is 0.572. The molecular weight excluding hydrogens is 244 g/mol. The SMILES string of the molecule is CCCCC(CCC)NC(=O)N[C@@H](CCC)C(=O)O. The second-order valence-electron chi connectivity index (χ2n) is 4.93. The van der Waals surface area contributed by atoms with E-state index in [2.05, 4.69) is 24.5 Å². The van der Waals surface area contributed by atoms with Gasteiger partial charge in [0, 0.05) is 6.04 Å². The summed E-state index contributed by atoms with van der Waals surface area (Å²) in [5.74, 6) is -0.974. The lowest BCUT2D eigenvalue weighted by Gasteiger charge is -2.20. The number of carboxylic acid groups (broad SMARTS) is 1. The molecule has 3 N–H and O–H groups in total. The van der Waals surface area contributed by atoms with Crippen LogP contribution in [0.25, 0.3) is 0 Å². The van der Waals surface area contributed by atoms with Gasteiger partial charge in [-0.25, -0.2) is 9.59 Å². The number of hydrogen-bond donors (Lipinski definition) is 3. The number of aliphatic carboxylic acids is 1. The minimum Gasteiger partial charge on any atom is -0.480 e. The summed E-state index contributed by atoms with van der Waals surface area (Å²) < 4.78 is 0. The van der Waals surface area contributed by atoms with Crippen molar-refractivity contribution < 1.29 is 14.7 Å². The Morgan fingerprint density at radius 2 is 1.58 bits per heavy atom. The van der Waals surface area contributed by atoms with Crippen LogP contribution in [0.2, 0.25) is 0 Å². The lowest BCUT2D eigenvalue weighted by Crippen LogP contribution is -2.49. The Kier molecular flexibility index (Phi) is 9.94. The predicted molar refractivity (Wildman–Crippen MR) is 76.2 cm³/mol. The van der Waals surface area contributed by atoms with Gasteiger partial charge in [-0.15, -0.1) is 0 Å². The zero-order valence-electron chi connectivity index (χ0n) is 12.4. The Balaban J connectivity index is 4.25. The second kappa shape index (κ2) is 10.6. The third-order valence-corrected chi connectivity index (χ3v) is 3.06. The number of urea groups is 1. The van der Waals surface area contributed by atoms with Gasteiger partial charge in [0.05, 0.1) is 0 Å². The molecule has 0 rings (SSSR count). The first-order valence-electron chi connectivity index (χ1n) is 7.34. The van der Waals surface area contributed by atoms with Crippen LogP contribution in [0.3, 0.4) is 0 Å². The summed E-state index contributed by atoms with van der Waals surface area (Å²) in [6.45, 7) is 6.09. The highest BCUT2D eigenvalue weighted by atomic mass is 16.4. The van der Waals surface area contributed by atoms with E-state index in [1.807, 2.05) is 6.92 Å². The van der Waals surface area contributed by atoms with E-state index in [1.54, 1.807) is 0 Å². The summed E-state index contributed by atoms with van der Waals surface area (Å²) in [6, 6.07) is -1.02. The molecule has 5 heteroatoms. The van der Waals surface area contributed by atoms with Crippen molar-refractivity contribution in [2.75, 3.05) is 0 Å². The number of unbranched alkanes of at least 4 members (excludes halogenated alkanes) is 1. The van der Waals surface area contributed by atoms with Crippen LogP contribution < -0.4 is 10.6 Å². The van der Waals surface area contributed by atoms with Crippen LogP contribution in [0, 0.1) is 0 Å². The molecule has 0 saturated heterocycles. The molecule has 0 bridgehead atoms. The van der Waals surface area contributed by atoms with Crippen molar-refractivity contribution in [1.29, 1.82) is 0 Å². The van der Waals surface area contributed by atoms with Crippen LogP contribution in [-0.2, 0) is 4.79 Å². The maximum absolute atomic E-state index is 11.8. The molecule has 0 spiro atoms. The number of carbonyl (C=O) groups is 2. The molecule has 1 unspecified atom stereocenters. The van der Waals surface area contributed by atoms with E-state index < -0.39 is 12.0 Å². The molecule has 2 amide bonds. The lowest BCUT2D eigenvalue weighted by atomic mass is 10.1. The molecule has 112 valence electrons. The molecule has 0 aliphatic rings. The molecular formula is C14H28N2O3. The van der Waals surface area contributed by atoms with Crippen molar-refractivity contribution in [2.24, 2.45) is 0 Å². The van der Waals surface area contributed by atoms with Gasteiger partial charge in [0.25, 0.3) is 0 Å². The van der Waals surface area contributed by atoms with Crippen molar-refractivity contribution in [3.8, 4) is 0 Å². The Morgan fingerprint density at radius 3 is 2.05 bits per heavy atom. The predicted octanol–water partition coefficient (Wildman–Crippen LogP) is 2.90. The van der Waals surface area contributed by atoms with Crippen LogP contribution in [0.5, 0.6) is 0 Å². The fourth-order valence-electron chi connectivity index (χ4n) is 2.02. The average molecular weight is 272 g/mol. The highest BCUT2D eigenvalue weighted by molar-refractivity contribution is 5.82. The Hall–Kier alpha value is -1.26. The van der Waals surface area contributed by atoms with Crippen LogP contribution in [0.15, 0.2) is 0 Å². The molecule has 0 saturated carbocycles. The first-order valence-corrected chi connectivity index (χ1v) is 7.34. The van der Waals surface area contributed by atoms with E-state index in [0.717, 1.165) is 38.5 Å². The fraction of sp³-hybridized carbons (Fsp3) is 0.857. The van der Waals surface area contributed by atoms with E-state index in [4.69, 9.17) is 5.11 Å². The van der Waals surface area contributed by atoms with E-state index in [0.29, 0.717) is 6.42 Å². The smallest absolute Gasteiger partial charge is 0.326 e. The molecule has 0 radical (unpaired) electrons. The highest BCUT2D eigenvalue weighted by Crippen LogP contribution is 2.07. The van der Waals surface area contributed by atoms with Gasteiger partial charge >= 0.3 is 12.0 Å². The van der Waals surface area contributed by atoms with Gasteiger partial charge in [-0.2, -0.15) is 0 Å². The number of hydrogen-bond acceptors (Lipinski definition) is 2. The summed E-state index contributed by atoms with van der Waals surface area (Å²) in [4.78, 5) is 22.8. The second-order valence-corrected chi connectivity index (χ2v) is 4.93. The topological polar surface area (TPSA) is 78.4 Å². The van der Waals surface area contributed by atoms with Crippen molar-refractivity contribution >= 4 is 12.0 Å². The van der Waals surface area contributed by atoms with Gasteiger partial charge in [-0.1, -0.05) is 46.5 Å². The van der Waals surface area contributed by atoms with Gasteiger partial charge in [-0.3, -0.25) is 0 Å². The summed E-state index contributed by atoms with van der Waals surface area (Å²) in [6.07, 6.45) is 6.23. The lowest BCUT2D eigenvalue weighted by molar-refractivity contribution is -0.139. The summed E-state index contributed by atoms with van der Waals surface area (Å²) in [7, 11) is 0. The minimum atomic E-state index is -0.974. The normalized spacial score (nSPS) is 13.6. The van der Waals surface area contributed by atoms with Gasteiger partial charge < -0.3 is 15.7 Å². The molecule has 0 fully saturated rings. The Bertz CT molecular complexity index is 269. The van der Waals surface area contributed by atoms with Gasteiger partial charge in [0.15, 0.2) is 0 Å². The molecule has 2 atom stereocenters. The van der Waals surface area contributed by atoms with Crippen LogP contribution in [0.1, 0.15) is 65.7 Å². The third-order valence-electron chi connectivity index (χ3n) is 3.06. The van der Waals surface area contributed by atoms with Crippen LogP contribution >= 0.6 is 0 Å². The maximum Gasteiger partial charge on any atom is 0.326 e. The van der Waals surface area contributed by atoms with E-state index in [9.17, 15) is 9.59 Å². The first-order chi connectivity index (χ1) is 9.04.